The van der Waals surface area contributed by atoms with Crippen LogP contribution < -0.4 is 5.32 Å². The largest absolute Gasteiger partial charge is 0.317 e. The summed E-state index contributed by atoms with van der Waals surface area (Å²) in [5, 5.41) is 3.37. The highest BCUT2D eigenvalue weighted by Gasteiger charge is 2.71. The average molecular weight is 169 g/mol. The molecule has 3 aliphatic carbocycles. The fraction of sp³-hybridized carbons (Fsp3) is 1.00. The lowest BCUT2D eigenvalue weighted by Gasteiger charge is -2.69. The van der Waals surface area contributed by atoms with Crippen molar-refractivity contribution in [2.75, 3.05) is 13.1 Å². The molecular weight excluding hydrogens is 153 g/mol. The Kier molecular flexibility index (Phi) is 1.24. The van der Waals surface area contributed by atoms with Gasteiger partial charge in [-0.05, 0) is 56.5 Å². The summed E-state index contributed by atoms with van der Waals surface area (Å²) in [5.74, 6) is 0.844. The summed E-state index contributed by atoms with van der Waals surface area (Å²) in [6, 6.07) is 0. The van der Waals surface area contributed by atoms with Gasteiger partial charge < -0.3 is 5.32 Å². The van der Waals surface area contributed by atoms with Gasteiger partial charge in [0.05, 0.1) is 0 Å². The first-order valence-corrected chi connectivity index (χ1v) is 5.12. The van der Waals surface area contributed by atoms with Crippen LogP contribution in [0.15, 0.2) is 0 Å². The molecule has 12 heavy (non-hydrogen) atoms. The molecule has 0 aromatic rings. The minimum absolute atomic E-state index is 0.483. The van der Waals surface area contributed by atoms with Crippen LogP contribution in [0.25, 0.3) is 0 Å². The maximum absolute atomic E-state index is 13.3. The summed E-state index contributed by atoms with van der Waals surface area (Å²) in [6.45, 7) is 2.32. The minimum atomic E-state index is -0.690. The van der Waals surface area contributed by atoms with E-state index in [2.05, 4.69) is 5.32 Å². The quantitative estimate of drug-likeness (QED) is 0.632. The molecule has 2 bridgehead atoms. The van der Waals surface area contributed by atoms with Crippen molar-refractivity contribution in [3.05, 3.63) is 0 Å². The maximum Gasteiger partial charge on any atom is 0.112 e. The van der Waals surface area contributed by atoms with E-state index in [0.717, 1.165) is 38.3 Å². The van der Waals surface area contributed by atoms with Crippen LogP contribution in [0.2, 0.25) is 0 Å². The fourth-order valence-corrected chi connectivity index (χ4v) is 3.60. The summed E-state index contributed by atoms with van der Waals surface area (Å²) in [4.78, 5) is 0. The SMILES string of the molecule is FC12CC(C3CCNCC3)(C1)C2. The van der Waals surface area contributed by atoms with Crippen molar-refractivity contribution in [1.82, 2.24) is 5.32 Å². The molecule has 0 unspecified atom stereocenters. The third-order valence-corrected chi connectivity index (χ3v) is 4.21. The number of hydrogen-bond donors (Lipinski definition) is 1. The average Bonchev–Trinajstić information content (AvgIpc) is 1.99. The molecule has 4 aliphatic rings. The van der Waals surface area contributed by atoms with Gasteiger partial charge in [0.15, 0.2) is 0 Å². The lowest BCUT2D eigenvalue weighted by molar-refractivity contribution is -0.245. The fourth-order valence-electron chi connectivity index (χ4n) is 3.60. The third kappa shape index (κ3) is 0.769. The maximum atomic E-state index is 13.3. The second-order valence-corrected chi connectivity index (χ2v) is 5.07. The Morgan fingerprint density at radius 1 is 1.08 bits per heavy atom. The van der Waals surface area contributed by atoms with E-state index in [1.807, 2.05) is 0 Å². The Balaban J connectivity index is 1.67. The first-order chi connectivity index (χ1) is 5.73. The van der Waals surface area contributed by atoms with Crippen molar-refractivity contribution in [2.45, 2.75) is 37.8 Å². The first-order valence-electron chi connectivity index (χ1n) is 5.12. The number of nitrogens with one attached hydrogen (secondary N) is 1. The number of hydrogen-bond acceptors (Lipinski definition) is 1. The van der Waals surface area contributed by atoms with Crippen LogP contribution in [0.4, 0.5) is 4.39 Å². The predicted octanol–water partition coefficient (Wildman–Crippen LogP) is 1.88. The topological polar surface area (TPSA) is 12.0 Å². The zero-order valence-corrected chi connectivity index (χ0v) is 7.41. The smallest absolute Gasteiger partial charge is 0.112 e. The molecule has 0 aromatic carbocycles. The van der Waals surface area contributed by atoms with Crippen molar-refractivity contribution in [3.8, 4) is 0 Å². The van der Waals surface area contributed by atoms with Gasteiger partial charge in [0, 0.05) is 0 Å². The molecule has 1 heterocycles. The molecule has 1 aliphatic heterocycles. The van der Waals surface area contributed by atoms with Crippen LogP contribution in [0.1, 0.15) is 32.1 Å². The van der Waals surface area contributed by atoms with E-state index in [-0.39, 0.29) is 0 Å². The Bertz CT molecular complexity index is 188. The highest BCUT2D eigenvalue weighted by atomic mass is 19.1. The summed E-state index contributed by atoms with van der Waals surface area (Å²) in [6.07, 6.45) is 5.26. The van der Waals surface area contributed by atoms with Crippen molar-refractivity contribution in [2.24, 2.45) is 11.3 Å². The van der Waals surface area contributed by atoms with Gasteiger partial charge >= 0.3 is 0 Å². The molecular formula is C10H16FN. The van der Waals surface area contributed by atoms with Crippen molar-refractivity contribution < 1.29 is 4.39 Å². The molecule has 1 N–H and O–H groups in total. The Morgan fingerprint density at radius 2 is 1.67 bits per heavy atom. The van der Waals surface area contributed by atoms with Crippen molar-refractivity contribution >= 4 is 0 Å². The number of halogens is 1. The monoisotopic (exact) mass is 169 g/mol. The molecule has 1 saturated heterocycles. The summed E-state index contributed by atoms with van der Waals surface area (Å²) in [7, 11) is 0. The van der Waals surface area contributed by atoms with Crippen LogP contribution in [0.5, 0.6) is 0 Å². The van der Waals surface area contributed by atoms with E-state index >= 15 is 0 Å². The lowest BCUT2D eigenvalue weighted by Crippen LogP contribution is -2.68. The van der Waals surface area contributed by atoms with Gasteiger partial charge in [-0.25, -0.2) is 4.39 Å². The normalized spacial score (nSPS) is 52.8. The summed E-state index contributed by atoms with van der Waals surface area (Å²) in [5.41, 5.74) is -0.207. The summed E-state index contributed by atoms with van der Waals surface area (Å²) >= 11 is 0. The standard InChI is InChI=1S/C10H16FN/c11-10-5-9(6-10,7-10)8-1-3-12-4-2-8/h8,12H,1-7H2. The van der Waals surface area contributed by atoms with Crippen LogP contribution in [0.3, 0.4) is 0 Å². The van der Waals surface area contributed by atoms with Gasteiger partial charge in [0.2, 0.25) is 0 Å². The number of piperidine rings is 1. The molecule has 3 saturated carbocycles. The van der Waals surface area contributed by atoms with Crippen LogP contribution in [-0.4, -0.2) is 18.8 Å². The third-order valence-electron chi connectivity index (χ3n) is 4.21. The van der Waals surface area contributed by atoms with Crippen LogP contribution in [-0.2, 0) is 0 Å². The molecule has 0 atom stereocenters. The molecule has 4 rings (SSSR count). The highest BCUT2D eigenvalue weighted by Crippen LogP contribution is 2.73. The van der Waals surface area contributed by atoms with E-state index in [1.54, 1.807) is 0 Å². The van der Waals surface area contributed by atoms with Crippen molar-refractivity contribution in [1.29, 1.82) is 0 Å². The second-order valence-electron chi connectivity index (χ2n) is 5.07. The summed E-state index contributed by atoms with van der Waals surface area (Å²) < 4.78 is 13.3. The number of rotatable bonds is 1. The van der Waals surface area contributed by atoms with E-state index in [4.69, 9.17) is 0 Å². The van der Waals surface area contributed by atoms with Crippen LogP contribution in [0, 0.1) is 11.3 Å². The first kappa shape index (κ1) is 7.31. The van der Waals surface area contributed by atoms with E-state index in [9.17, 15) is 4.39 Å². The van der Waals surface area contributed by atoms with Gasteiger partial charge in [-0.1, -0.05) is 0 Å². The van der Waals surface area contributed by atoms with Gasteiger partial charge in [0.25, 0.3) is 0 Å². The molecule has 0 spiro atoms. The molecule has 0 radical (unpaired) electrons. The molecule has 0 amide bonds. The Morgan fingerprint density at radius 3 is 2.17 bits per heavy atom. The molecule has 1 nitrogen and oxygen atoms in total. The second kappa shape index (κ2) is 2.03. The van der Waals surface area contributed by atoms with Crippen molar-refractivity contribution in [3.63, 3.8) is 0 Å². The predicted molar refractivity (Wildman–Crippen MR) is 45.7 cm³/mol. The molecule has 4 fully saturated rings. The lowest BCUT2D eigenvalue weighted by atomic mass is 9.37. The molecule has 68 valence electrons. The zero-order chi connectivity index (χ0) is 8.23. The molecule has 0 aromatic heterocycles. The van der Waals surface area contributed by atoms with Gasteiger partial charge in [-0.3, -0.25) is 0 Å². The van der Waals surface area contributed by atoms with Gasteiger partial charge in [-0.15, -0.1) is 0 Å². The molecule has 2 heteroatoms. The Labute approximate surface area is 72.7 Å². The van der Waals surface area contributed by atoms with Crippen LogP contribution >= 0.6 is 0 Å². The number of alkyl halides is 1. The Hall–Kier alpha value is -0.110. The van der Waals surface area contributed by atoms with Gasteiger partial charge in [-0.2, -0.15) is 0 Å². The van der Waals surface area contributed by atoms with E-state index in [1.165, 1.54) is 12.8 Å². The van der Waals surface area contributed by atoms with E-state index < -0.39 is 5.67 Å². The van der Waals surface area contributed by atoms with Gasteiger partial charge in [0.1, 0.15) is 5.67 Å². The van der Waals surface area contributed by atoms with E-state index in [0.29, 0.717) is 5.41 Å². The zero-order valence-electron chi connectivity index (χ0n) is 7.41. The highest BCUT2D eigenvalue weighted by molar-refractivity contribution is 5.21. The minimum Gasteiger partial charge on any atom is -0.317 e.